The number of nitrogens with one attached hydrogen (secondary N) is 1. The van der Waals surface area contributed by atoms with Crippen LogP contribution in [0.25, 0.3) is 0 Å². The summed E-state index contributed by atoms with van der Waals surface area (Å²) in [5, 5.41) is 3.34. The van der Waals surface area contributed by atoms with Crippen LogP contribution in [0.3, 0.4) is 0 Å². The van der Waals surface area contributed by atoms with Crippen molar-refractivity contribution in [3.05, 3.63) is 11.9 Å². The molecule has 1 aliphatic heterocycles. The molecule has 1 saturated heterocycles. The number of rotatable bonds is 6. The molecule has 3 N–H and O–H groups in total. The Morgan fingerprint density at radius 1 is 1.47 bits per heavy atom. The maximum atomic E-state index is 5.64. The molecule has 0 aromatic carbocycles. The zero-order valence-corrected chi connectivity index (χ0v) is 12.0. The van der Waals surface area contributed by atoms with Crippen molar-refractivity contribution < 1.29 is 0 Å². The molecule has 1 aromatic heterocycles. The third-order valence-electron chi connectivity index (χ3n) is 3.57. The molecule has 0 amide bonds. The second-order valence-corrected chi connectivity index (χ2v) is 5.26. The molecule has 0 radical (unpaired) electrons. The SMILES string of the molecule is CCCNc1cc(N2CCC(CCN)C2)nc(C)n1. The predicted octanol–water partition coefficient (Wildman–Crippen LogP) is 1.78. The van der Waals surface area contributed by atoms with Crippen LogP contribution in [-0.2, 0) is 0 Å². The zero-order valence-electron chi connectivity index (χ0n) is 12.0. The minimum Gasteiger partial charge on any atom is -0.370 e. The van der Waals surface area contributed by atoms with Crippen LogP contribution in [0, 0.1) is 12.8 Å². The van der Waals surface area contributed by atoms with E-state index in [2.05, 4.69) is 33.2 Å². The number of hydrogen-bond donors (Lipinski definition) is 2. The lowest BCUT2D eigenvalue weighted by atomic mass is 10.1. The van der Waals surface area contributed by atoms with Gasteiger partial charge in [-0.15, -0.1) is 0 Å². The second-order valence-electron chi connectivity index (χ2n) is 5.26. The van der Waals surface area contributed by atoms with Crippen LogP contribution in [0.4, 0.5) is 11.6 Å². The topological polar surface area (TPSA) is 67.1 Å². The molecule has 0 aliphatic carbocycles. The fourth-order valence-electron chi connectivity index (χ4n) is 2.57. The van der Waals surface area contributed by atoms with E-state index < -0.39 is 0 Å². The van der Waals surface area contributed by atoms with E-state index in [4.69, 9.17) is 5.73 Å². The third kappa shape index (κ3) is 3.80. The van der Waals surface area contributed by atoms with Crippen molar-refractivity contribution in [2.75, 3.05) is 36.4 Å². The second kappa shape index (κ2) is 6.70. The maximum Gasteiger partial charge on any atom is 0.134 e. The van der Waals surface area contributed by atoms with Gasteiger partial charge < -0.3 is 16.0 Å². The van der Waals surface area contributed by atoms with Crippen molar-refractivity contribution in [2.24, 2.45) is 11.7 Å². The predicted molar refractivity (Wildman–Crippen MR) is 79.5 cm³/mol. The highest BCUT2D eigenvalue weighted by Gasteiger charge is 2.23. The summed E-state index contributed by atoms with van der Waals surface area (Å²) in [5.41, 5.74) is 5.64. The lowest BCUT2D eigenvalue weighted by Gasteiger charge is -2.19. The largest absolute Gasteiger partial charge is 0.370 e. The van der Waals surface area contributed by atoms with Crippen LogP contribution in [0.1, 0.15) is 32.0 Å². The standard InChI is InChI=1S/C14H25N5/c1-3-7-16-13-9-14(18-11(2)17-13)19-8-5-12(10-19)4-6-15/h9,12H,3-8,10,15H2,1-2H3,(H,16,17,18). The van der Waals surface area contributed by atoms with Crippen LogP contribution in [0.2, 0.25) is 0 Å². The van der Waals surface area contributed by atoms with Gasteiger partial charge in [0.1, 0.15) is 17.5 Å². The van der Waals surface area contributed by atoms with Gasteiger partial charge in [0.15, 0.2) is 0 Å². The van der Waals surface area contributed by atoms with Crippen molar-refractivity contribution >= 4 is 11.6 Å². The maximum absolute atomic E-state index is 5.64. The molecular weight excluding hydrogens is 238 g/mol. The van der Waals surface area contributed by atoms with E-state index in [1.165, 1.54) is 6.42 Å². The van der Waals surface area contributed by atoms with E-state index in [1.54, 1.807) is 0 Å². The Kier molecular flexibility index (Phi) is 4.96. The Labute approximate surface area is 115 Å². The number of aromatic nitrogens is 2. The Morgan fingerprint density at radius 3 is 3.05 bits per heavy atom. The minimum absolute atomic E-state index is 0.715. The van der Waals surface area contributed by atoms with Gasteiger partial charge in [-0.2, -0.15) is 0 Å². The lowest BCUT2D eigenvalue weighted by molar-refractivity contribution is 0.546. The monoisotopic (exact) mass is 263 g/mol. The van der Waals surface area contributed by atoms with Gasteiger partial charge in [-0.1, -0.05) is 6.92 Å². The smallest absolute Gasteiger partial charge is 0.134 e. The van der Waals surface area contributed by atoms with E-state index in [0.717, 1.165) is 56.5 Å². The van der Waals surface area contributed by atoms with E-state index in [0.29, 0.717) is 5.92 Å². The number of hydrogen-bond acceptors (Lipinski definition) is 5. The third-order valence-corrected chi connectivity index (χ3v) is 3.57. The summed E-state index contributed by atoms with van der Waals surface area (Å²) >= 11 is 0. The van der Waals surface area contributed by atoms with Gasteiger partial charge in [-0.3, -0.25) is 0 Å². The molecule has 0 spiro atoms. The van der Waals surface area contributed by atoms with E-state index in [-0.39, 0.29) is 0 Å². The molecule has 0 saturated carbocycles. The number of nitrogens with two attached hydrogens (primary N) is 1. The Morgan fingerprint density at radius 2 is 2.32 bits per heavy atom. The Bertz CT molecular complexity index is 407. The van der Waals surface area contributed by atoms with E-state index in [9.17, 15) is 0 Å². The summed E-state index contributed by atoms with van der Waals surface area (Å²) < 4.78 is 0. The summed E-state index contributed by atoms with van der Waals surface area (Å²) in [4.78, 5) is 11.3. The van der Waals surface area contributed by atoms with E-state index >= 15 is 0 Å². The highest BCUT2D eigenvalue weighted by Crippen LogP contribution is 2.25. The van der Waals surface area contributed by atoms with Crippen LogP contribution in [0.5, 0.6) is 0 Å². The number of anilines is 2. The van der Waals surface area contributed by atoms with Crippen LogP contribution in [0.15, 0.2) is 6.07 Å². The normalized spacial score (nSPS) is 18.9. The first-order valence-corrected chi connectivity index (χ1v) is 7.27. The molecule has 1 atom stereocenters. The summed E-state index contributed by atoms with van der Waals surface area (Å²) in [6.07, 6.45) is 3.43. The molecule has 1 fully saturated rings. The average Bonchev–Trinajstić information content (AvgIpc) is 2.85. The first-order chi connectivity index (χ1) is 9.22. The summed E-state index contributed by atoms with van der Waals surface area (Å²) in [6.45, 7) is 7.99. The lowest BCUT2D eigenvalue weighted by Crippen LogP contribution is -2.22. The summed E-state index contributed by atoms with van der Waals surface area (Å²) in [5.74, 6) is 3.53. The van der Waals surface area contributed by atoms with Gasteiger partial charge in [-0.25, -0.2) is 9.97 Å². The van der Waals surface area contributed by atoms with Crippen LogP contribution < -0.4 is 16.0 Å². The Balaban J connectivity index is 2.05. The molecule has 1 aliphatic rings. The van der Waals surface area contributed by atoms with Crippen molar-refractivity contribution in [2.45, 2.75) is 33.1 Å². The molecule has 106 valence electrons. The van der Waals surface area contributed by atoms with Crippen molar-refractivity contribution in [3.63, 3.8) is 0 Å². The van der Waals surface area contributed by atoms with Gasteiger partial charge in [0.25, 0.3) is 0 Å². The fraction of sp³-hybridized carbons (Fsp3) is 0.714. The van der Waals surface area contributed by atoms with Gasteiger partial charge in [-0.05, 0) is 38.6 Å². The Hall–Kier alpha value is -1.36. The van der Waals surface area contributed by atoms with Crippen LogP contribution in [-0.4, -0.2) is 36.1 Å². The van der Waals surface area contributed by atoms with Crippen molar-refractivity contribution in [3.8, 4) is 0 Å². The van der Waals surface area contributed by atoms with E-state index in [1.807, 2.05) is 6.92 Å². The molecule has 1 aromatic rings. The highest BCUT2D eigenvalue weighted by atomic mass is 15.2. The molecule has 2 heterocycles. The molecule has 19 heavy (non-hydrogen) atoms. The van der Waals surface area contributed by atoms with Crippen LogP contribution >= 0.6 is 0 Å². The van der Waals surface area contributed by atoms with Crippen molar-refractivity contribution in [1.29, 1.82) is 0 Å². The molecular formula is C14H25N5. The molecule has 1 unspecified atom stereocenters. The molecule has 5 nitrogen and oxygen atoms in total. The fourth-order valence-corrected chi connectivity index (χ4v) is 2.57. The van der Waals surface area contributed by atoms with Gasteiger partial charge >= 0.3 is 0 Å². The number of nitrogens with zero attached hydrogens (tertiary/aromatic N) is 3. The van der Waals surface area contributed by atoms with Crippen molar-refractivity contribution in [1.82, 2.24) is 9.97 Å². The summed E-state index contributed by atoms with van der Waals surface area (Å²) in [7, 11) is 0. The summed E-state index contributed by atoms with van der Waals surface area (Å²) in [6, 6.07) is 2.06. The molecule has 0 bridgehead atoms. The zero-order chi connectivity index (χ0) is 13.7. The number of aryl methyl sites for hydroxylation is 1. The van der Waals surface area contributed by atoms with Gasteiger partial charge in [0, 0.05) is 25.7 Å². The molecule has 5 heteroatoms. The molecule has 2 rings (SSSR count). The highest BCUT2D eigenvalue weighted by molar-refractivity contribution is 5.50. The first kappa shape index (κ1) is 14.1. The average molecular weight is 263 g/mol. The quantitative estimate of drug-likeness (QED) is 0.819. The van der Waals surface area contributed by atoms with Gasteiger partial charge in [0.2, 0.25) is 0 Å². The van der Waals surface area contributed by atoms with Gasteiger partial charge in [0.05, 0.1) is 0 Å². The minimum atomic E-state index is 0.715. The first-order valence-electron chi connectivity index (χ1n) is 7.27.